The first kappa shape index (κ1) is 31.1. The predicted octanol–water partition coefficient (Wildman–Crippen LogP) is 13.0. The van der Waals surface area contributed by atoms with Crippen molar-refractivity contribution in [2.75, 3.05) is 0 Å². The van der Waals surface area contributed by atoms with Gasteiger partial charge >= 0.3 is 0 Å². The van der Waals surface area contributed by atoms with Gasteiger partial charge in [0.05, 0.1) is 15.7 Å². The first-order valence-electron chi connectivity index (χ1n) is 17.8. The quantitative estimate of drug-likeness (QED) is 0.174. The molecule has 0 unspecified atom stereocenters. The van der Waals surface area contributed by atoms with Crippen LogP contribution in [0.5, 0.6) is 0 Å². The maximum atomic E-state index is 5.27. The lowest BCUT2D eigenvalue weighted by molar-refractivity contribution is 0.955. The summed E-state index contributed by atoms with van der Waals surface area (Å²) in [5.74, 6) is 1.86. The second-order valence-corrected chi connectivity index (χ2v) is 14.2. The number of benzene rings is 7. The Labute approximate surface area is 311 Å². The minimum Gasteiger partial charge on any atom is -0.276 e. The summed E-state index contributed by atoms with van der Waals surface area (Å²) in [4.78, 5) is 15.6. The van der Waals surface area contributed by atoms with Crippen molar-refractivity contribution in [1.82, 2.24) is 19.5 Å². The fourth-order valence-corrected chi connectivity index (χ4v) is 8.70. The van der Waals surface area contributed by atoms with Gasteiger partial charge in [0.2, 0.25) is 5.95 Å². The lowest BCUT2D eigenvalue weighted by Crippen LogP contribution is -2.06. The minimum atomic E-state index is 0.589. The highest BCUT2D eigenvalue weighted by Crippen LogP contribution is 2.46. The van der Waals surface area contributed by atoms with Crippen LogP contribution in [0.15, 0.2) is 170 Å². The second-order valence-electron chi connectivity index (χ2n) is 13.2. The van der Waals surface area contributed by atoms with Gasteiger partial charge in [-0.25, -0.2) is 4.98 Å². The molecule has 250 valence electrons. The fourth-order valence-electron chi connectivity index (χ4n) is 7.50. The molecule has 0 amide bonds. The highest BCUT2D eigenvalue weighted by atomic mass is 32.1. The molecular formula is C48H32N4S. The molecule has 0 atom stereocenters. The Kier molecular flexibility index (Phi) is 7.52. The average molecular weight is 697 g/mol. The SMILES string of the molecule is CC=Cc1cc2c3cc(-c4ccccc4)ccc3sc2c2c1c1cc(-c3ccccc3)ccc1n2-c1nc(-c2ccccc2)nc(-c2ccccc2)n1. The molecule has 0 aliphatic rings. The summed E-state index contributed by atoms with van der Waals surface area (Å²) in [6.07, 6.45) is 4.38. The van der Waals surface area contributed by atoms with Crippen LogP contribution in [-0.4, -0.2) is 19.5 Å². The molecule has 0 N–H and O–H groups in total. The molecule has 5 heteroatoms. The zero-order valence-corrected chi connectivity index (χ0v) is 29.8. The van der Waals surface area contributed by atoms with E-state index in [1.807, 2.05) is 47.7 Å². The molecule has 0 fully saturated rings. The van der Waals surface area contributed by atoms with E-state index in [4.69, 9.17) is 15.0 Å². The van der Waals surface area contributed by atoms with Crippen LogP contribution in [-0.2, 0) is 0 Å². The van der Waals surface area contributed by atoms with Gasteiger partial charge in [-0.1, -0.05) is 146 Å². The fraction of sp³-hybridized carbons (Fsp3) is 0.0208. The van der Waals surface area contributed by atoms with E-state index in [1.54, 1.807) is 0 Å². The first-order valence-corrected chi connectivity index (χ1v) is 18.6. The molecule has 10 aromatic rings. The number of allylic oxidation sites excluding steroid dienone is 1. The molecule has 0 saturated carbocycles. The third-order valence-electron chi connectivity index (χ3n) is 9.95. The first-order chi connectivity index (χ1) is 26.2. The zero-order chi connectivity index (χ0) is 35.3. The molecule has 53 heavy (non-hydrogen) atoms. The smallest absolute Gasteiger partial charge is 0.238 e. The normalized spacial score (nSPS) is 11.8. The summed E-state index contributed by atoms with van der Waals surface area (Å²) in [5, 5.41) is 4.80. The number of thiophene rings is 1. The summed E-state index contributed by atoms with van der Waals surface area (Å²) in [7, 11) is 0. The summed E-state index contributed by atoms with van der Waals surface area (Å²) in [6, 6.07) is 57.6. The Morgan fingerprint density at radius 1 is 0.491 bits per heavy atom. The number of hydrogen-bond acceptors (Lipinski definition) is 4. The highest BCUT2D eigenvalue weighted by molar-refractivity contribution is 7.26. The van der Waals surface area contributed by atoms with Crippen molar-refractivity contribution in [3.8, 4) is 51.0 Å². The van der Waals surface area contributed by atoms with Gasteiger partial charge in [-0.05, 0) is 65.1 Å². The summed E-state index contributed by atoms with van der Waals surface area (Å²) >= 11 is 1.83. The molecule has 0 saturated heterocycles. The van der Waals surface area contributed by atoms with Gasteiger partial charge in [0, 0.05) is 37.4 Å². The standard InChI is InChI=1S/C48H32N4S/c1-2-15-37-30-39-38-28-36(32-18-9-4-10-19-32)25-27-42(38)53-45(39)44-43(37)40-29-35(31-16-7-3-8-17-31)24-26-41(40)52(44)48-50-46(33-20-11-5-12-21-33)49-47(51-48)34-22-13-6-14-23-34/h2-30H,1H3. The van der Waals surface area contributed by atoms with Crippen LogP contribution in [0.25, 0.3) is 99.0 Å². The number of aromatic nitrogens is 4. The maximum Gasteiger partial charge on any atom is 0.238 e. The molecule has 0 aliphatic heterocycles. The van der Waals surface area contributed by atoms with Crippen molar-refractivity contribution in [3.05, 3.63) is 175 Å². The van der Waals surface area contributed by atoms with E-state index in [-0.39, 0.29) is 0 Å². The molecule has 0 radical (unpaired) electrons. The van der Waals surface area contributed by atoms with Crippen molar-refractivity contribution in [1.29, 1.82) is 0 Å². The van der Waals surface area contributed by atoms with Gasteiger partial charge in [-0.15, -0.1) is 11.3 Å². The van der Waals surface area contributed by atoms with Crippen LogP contribution in [0.4, 0.5) is 0 Å². The molecular weight excluding hydrogens is 665 g/mol. The second kappa shape index (κ2) is 12.8. The molecule has 0 spiro atoms. The van der Waals surface area contributed by atoms with Crippen LogP contribution in [0.2, 0.25) is 0 Å². The van der Waals surface area contributed by atoms with Crippen LogP contribution >= 0.6 is 11.3 Å². The largest absolute Gasteiger partial charge is 0.276 e. The van der Waals surface area contributed by atoms with Gasteiger partial charge in [0.15, 0.2) is 11.6 Å². The molecule has 3 heterocycles. The average Bonchev–Trinajstić information content (AvgIpc) is 3.77. The molecule has 7 aromatic carbocycles. The number of fused-ring (bicyclic) bond motifs is 7. The number of hydrogen-bond donors (Lipinski definition) is 0. The Hall–Kier alpha value is -6.69. The lowest BCUT2D eigenvalue weighted by atomic mass is 9.98. The van der Waals surface area contributed by atoms with Gasteiger partial charge in [0.1, 0.15) is 0 Å². The summed E-state index contributed by atoms with van der Waals surface area (Å²) < 4.78 is 4.72. The van der Waals surface area contributed by atoms with Gasteiger partial charge in [0.25, 0.3) is 0 Å². The molecule has 0 bridgehead atoms. The van der Waals surface area contributed by atoms with E-state index in [1.165, 1.54) is 42.2 Å². The lowest BCUT2D eigenvalue weighted by Gasteiger charge is -2.11. The van der Waals surface area contributed by atoms with Crippen molar-refractivity contribution >= 4 is 59.4 Å². The molecule has 4 nitrogen and oxygen atoms in total. The van der Waals surface area contributed by atoms with Gasteiger partial charge < -0.3 is 0 Å². The Balaban J connectivity index is 1.36. The van der Waals surface area contributed by atoms with Crippen LogP contribution < -0.4 is 0 Å². The Morgan fingerprint density at radius 3 is 1.58 bits per heavy atom. The molecule has 0 aliphatic carbocycles. The Bertz CT molecular complexity index is 2920. The van der Waals surface area contributed by atoms with E-state index < -0.39 is 0 Å². The van der Waals surface area contributed by atoms with Crippen LogP contribution in [0.1, 0.15) is 12.5 Å². The minimum absolute atomic E-state index is 0.589. The molecule has 3 aromatic heterocycles. The van der Waals surface area contributed by atoms with Crippen molar-refractivity contribution in [2.45, 2.75) is 6.92 Å². The monoisotopic (exact) mass is 696 g/mol. The third kappa shape index (κ3) is 5.33. The van der Waals surface area contributed by atoms with Gasteiger partial charge in [-0.2, -0.15) is 9.97 Å². The number of rotatable bonds is 6. The topological polar surface area (TPSA) is 43.6 Å². The van der Waals surface area contributed by atoms with E-state index >= 15 is 0 Å². The van der Waals surface area contributed by atoms with E-state index in [0.717, 1.165) is 38.7 Å². The van der Waals surface area contributed by atoms with E-state index in [0.29, 0.717) is 17.6 Å². The van der Waals surface area contributed by atoms with Crippen LogP contribution in [0, 0.1) is 0 Å². The zero-order valence-electron chi connectivity index (χ0n) is 28.9. The van der Waals surface area contributed by atoms with E-state index in [9.17, 15) is 0 Å². The number of nitrogens with zero attached hydrogens (tertiary/aromatic N) is 4. The maximum absolute atomic E-state index is 5.27. The van der Waals surface area contributed by atoms with Crippen molar-refractivity contribution < 1.29 is 0 Å². The van der Waals surface area contributed by atoms with Crippen molar-refractivity contribution in [2.24, 2.45) is 0 Å². The molecule has 10 rings (SSSR count). The van der Waals surface area contributed by atoms with Crippen LogP contribution in [0.3, 0.4) is 0 Å². The predicted molar refractivity (Wildman–Crippen MR) is 224 cm³/mol. The summed E-state index contributed by atoms with van der Waals surface area (Å²) in [6.45, 7) is 2.09. The third-order valence-corrected chi connectivity index (χ3v) is 11.1. The van der Waals surface area contributed by atoms with E-state index in [2.05, 4.69) is 151 Å². The highest BCUT2D eigenvalue weighted by Gasteiger charge is 2.24. The summed E-state index contributed by atoms with van der Waals surface area (Å²) in [5.41, 5.74) is 9.94. The van der Waals surface area contributed by atoms with Gasteiger partial charge in [-0.3, -0.25) is 4.57 Å². The Morgan fingerprint density at radius 2 is 1.02 bits per heavy atom. The van der Waals surface area contributed by atoms with Crippen molar-refractivity contribution in [3.63, 3.8) is 0 Å².